The number of rotatable bonds is 5. The summed E-state index contributed by atoms with van der Waals surface area (Å²) in [7, 11) is 1.67. The Morgan fingerprint density at radius 3 is 2.91 bits per heavy atom. The minimum absolute atomic E-state index is 0.283. The minimum atomic E-state index is 0.283. The van der Waals surface area contributed by atoms with Gasteiger partial charge in [-0.1, -0.05) is 12.1 Å². The molecule has 0 bridgehead atoms. The van der Waals surface area contributed by atoms with Gasteiger partial charge < -0.3 is 15.0 Å². The fraction of sp³-hybridized carbons (Fsp3) is 0.611. The van der Waals surface area contributed by atoms with Crippen LogP contribution in [0.2, 0.25) is 0 Å². The molecule has 1 amide bonds. The quantitative estimate of drug-likeness (QED) is 0.884. The normalized spacial score (nSPS) is 22.3. The zero-order valence-electron chi connectivity index (χ0n) is 14.0. The zero-order chi connectivity index (χ0) is 16.1. The van der Waals surface area contributed by atoms with Gasteiger partial charge in [0.2, 0.25) is 5.91 Å². The molecule has 0 aliphatic carbocycles. The predicted octanol–water partition coefficient (Wildman–Crippen LogP) is 1.13. The van der Waals surface area contributed by atoms with Crippen LogP contribution in [-0.2, 0) is 11.2 Å². The summed E-state index contributed by atoms with van der Waals surface area (Å²) in [5, 5.41) is 3.39. The topological polar surface area (TPSA) is 44.8 Å². The fourth-order valence-corrected chi connectivity index (χ4v) is 3.55. The number of benzene rings is 1. The lowest BCUT2D eigenvalue weighted by Crippen LogP contribution is -2.49. The molecular weight excluding hydrogens is 290 g/mol. The van der Waals surface area contributed by atoms with Crippen LogP contribution in [-0.4, -0.2) is 68.1 Å². The van der Waals surface area contributed by atoms with Crippen molar-refractivity contribution in [3.63, 3.8) is 0 Å². The van der Waals surface area contributed by atoms with Gasteiger partial charge in [0.15, 0.2) is 0 Å². The third-order valence-corrected chi connectivity index (χ3v) is 4.95. The van der Waals surface area contributed by atoms with Crippen LogP contribution < -0.4 is 10.1 Å². The highest BCUT2D eigenvalue weighted by molar-refractivity contribution is 5.76. The predicted molar refractivity (Wildman–Crippen MR) is 90.7 cm³/mol. The van der Waals surface area contributed by atoms with E-state index in [9.17, 15) is 4.79 Å². The molecule has 2 fully saturated rings. The van der Waals surface area contributed by atoms with E-state index in [1.165, 1.54) is 0 Å². The number of methoxy groups -OCH3 is 1. The molecule has 1 unspecified atom stereocenters. The molecule has 3 rings (SSSR count). The average molecular weight is 317 g/mol. The minimum Gasteiger partial charge on any atom is -0.497 e. The Labute approximate surface area is 138 Å². The van der Waals surface area contributed by atoms with E-state index in [2.05, 4.69) is 16.3 Å². The van der Waals surface area contributed by atoms with Crippen molar-refractivity contribution >= 4 is 5.91 Å². The smallest absolute Gasteiger partial charge is 0.222 e. The van der Waals surface area contributed by atoms with E-state index in [-0.39, 0.29) is 5.91 Å². The monoisotopic (exact) mass is 317 g/mol. The molecule has 0 radical (unpaired) electrons. The number of hydrogen-bond donors (Lipinski definition) is 1. The van der Waals surface area contributed by atoms with Gasteiger partial charge in [-0.05, 0) is 30.5 Å². The standard InChI is InChI=1S/C18H27N3O2/c1-23-17-4-2-3-15(13-17)5-6-18(22)21-10-7-16(14-21)20-11-8-19-9-12-20/h2-4,13,16,19H,5-12,14H2,1H3. The summed E-state index contributed by atoms with van der Waals surface area (Å²) < 4.78 is 5.24. The molecule has 1 N–H and O–H groups in total. The van der Waals surface area contributed by atoms with E-state index in [0.717, 1.165) is 63.4 Å². The highest BCUT2D eigenvalue weighted by atomic mass is 16.5. The van der Waals surface area contributed by atoms with E-state index in [1.807, 2.05) is 23.1 Å². The van der Waals surface area contributed by atoms with Gasteiger partial charge in [-0.25, -0.2) is 0 Å². The van der Waals surface area contributed by atoms with E-state index in [0.29, 0.717) is 12.5 Å². The first-order valence-corrected chi connectivity index (χ1v) is 8.62. The first-order chi connectivity index (χ1) is 11.3. The van der Waals surface area contributed by atoms with E-state index in [1.54, 1.807) is 7.11 Å². The lowest BCUT2D eigenvalue weighted by Gasteiger charge is -2.32. The summed E-state index contributed by atoms with van der Waals surface area (Å²) in [6.07, 6.45) is 2.48. The number of nitrogens with zero attached hydrogens (tertiary/aromatic N) is 2. The molecule has 1 aromatic rings. The van der Waals surface area contributed by atoms with Gasteiger partial charge in [0.1, 0.15) is 5.75 Å². The van der Waals surface area contributed by atoms with Crippen LogP contribution in [0, 0.1) is 0 Å². The molecule has 23 heavy (non-hydrogen) atoms. The third-order valence-electron chi connectivity index (χ3n) is 4.95. The van der Waals surface area contributed by atoms with Gasteiger partial charge in [-0.2, -0.15) is 0 Å². The molecular formula is C18H27N3O2. The number of amides is 1. The highest BCUT2D eigenvalue weighted by Gasteiger charge is 2.30. The number of piperazine rings is 1. The molecule has 1 aromatic carbocycles. The van der Waals surface area contributed by atoms with Gasteiger partial charge in [0.05, 0.1) is 7.11 Å². The highest BCUT2D eigenvalue weighted by Crippen LogP contribution is 2.19. The number of hydrogen-bond acceptors (Lipinski definition) is 4. The zero-order valence-corrected chi connectivity index (χ0v) is 14.0. The van der Waals surface area contributed by atoms with Crippen molar-refractivity contribution in [1.29, 1.82) is 0 Å². The van der Waals surface area contributed by atoms with Crippen molar-refractivity contribution < 1.29 is 9.53 Å². The Balaban J connectivity index is 1.47. The largest absolute Gasteiger partial charge is 0.497 e. The molecule has 0 spiro atoms. The molecule has 1 atom stereocenters. The molecule has 0 aromatic heterocycles. The molecule has 5 nitrogen and oxygen atoms in total. The number of ether oxygens (including phenoxy) is 1. The summed E-state index contributed by atoms with van der Waals surface area (Å²) in [6, 6.07) is 8.54. The number of nitrogens with one attached hydrogen (secondary N) is 1. The van der Waals surface area contributed by atoms with Gasteiger partial charge in [0, 0.05) is 51.7 Å². The Kier molecular flexibility index (Phi) is 5.51. The van der Waals surface area contributed by atoms with Gasteiger partial charge in [-0.3, -0.25) is 9.69 Å². The Morgan fingerprint density at radius 2 is 2.13 bits per heavy atom. The first-order valence-electron chi connectivity index (χ1n) is 8.62. The Hall–Kier alpha value is -1.59. The Morgan fingerprint density at radius 1 is 1.30 bits per heavy atom. The molecule has 126 valence electrons. The van der Waals surface area contributed by atoms with Gasteiger partial charge in [0.25, 0.3) is 0 Å². The van der Waals surface area contributed by atoms with Crippen molar-refractivity contribution in [3.05, 3.63) is 29.8 Å². The van der Waals surface area contributed by atoms with Crippen LogP contribution in [0.25, 0.3) is 0 Å². The van der Waals surface area contributed by atoms with E-state index in [4.69, 9.17) is 4.74 Å². The average Bonchev–Trinajstić information content (AvgIpc) is 3.11. The van der Waals surface area contributed by atoms with Gasteiger partial charge in [-0.15, -0.1) is 0 Å². The van der Waals surface area contributed by atoms with Crippen molar-refractivity contribution in [1.82, 2.24) is 15.1 Å². The molecule has 2 aliphatic heterocycles. The van der Waals surface area contributed by atoms with Crippen LogP contribution in [0.5, 0.6) is 5.75 Å². The number of aryl methyl sites for hydroxylation is 1. The van der Waals surface area contributed by atoms with Crippen molar-refractivity contribution in [3.8, 4) is 5.75 Å². The van der Waals surface area contributed by atoms with Crippen molar-refractivity contribution in [2.24, 2.45) is 0 Å². The number of carbonyl (C=O) groups excluding carboxylic acids is 1. The van der Waals surface area contributed by atoms with Crippen molar-refractivity contribution in [2.45, 2.75) is 25.3 Å². The summed E-state index contributed by atoms with van der Waals surface area (Å²) in [6.45, 7) is 6.16. The first kappa shape index (κ1) is 16.3. The lowest BCUT2D eigenvalue weighted by atomic mass is 10.1. The molecule has 0 saturated carbocycles. The second-order valence-electron chi connectivity index (χ2n) is 6.42. The summed E-state index contributed by atoms with van der Waals surface area (Å²) in [4.78, 5) is 17.0. The second kappa shape index (κ2) is 7.79. The van der Waals surface area contributed by atoms with Crippen LogP contribution in [0.3, 0.4) is 0 Å². The Bertz CT molecular complexity index is 529. The maximum absolute atomic E-state index is 12.5. The fourth-order valence-electron chi connectivity index (χ4n) is 3.55. The van der Waals surface area contributed by atoms with Crippen LogP contribution in [0.15, 0.2) is 24.3 Å². The van der Waals surface area contributed by atoms with E-state index < -0.39 is 0 Å². The molecule has 5 heteroatoms. The number of carbonyl (C=O) groups is 1. The van der Waals surface area contributed by atoms with Gasteiger partial charge >= 0.3 is 0 Å². The lowest BCUT2D eigenvalue weighted by molar-refractivity contribution is -0.130. The summed E-state index contributed by atoms with van der Waals surface area (Å²) in [5.41, 5.74) is 1.16. The maximum atomic E-state index is 12.5. The molecule has 2 aliphatic rings. The van der Waals surface area contributed by atoms with E-state index >= 15 is 0 Å². The molecule has 2 heterocycles. The maximum Gasteiger partial charge on any atom is 0.222 e. The second-order valence-corrected chi connectivity index (χ2v) is 6.42. The summed E-state index contributed by atoms with van der Waals surface area (Å²) >= 11 is 0. The van der Waals surface area contributed by atoms with Crippen LogP contribution in [0.4, 0.5) is 0 Å². The molecule has 2 saturated heterocycles. The number of likely N-dealkylation sites (tertiary alicyclic amines) is 1. The SMILES string of the molecule is COc1cccc(CCC(=O)N2CCC(N3CCNCC3)C2)c1. The summed E-state index contributed by atoms with van der Waals surface area (Å²) in [5.74, 6) is 1.14. The third kappa shape index (κ3) is 4.24. The van der Waals surface area contributed by atoms with Crippen LogP contribution >= 0.6 is 0 Å². The van der Waals surface area contributed by atoms with Crippen LogP contribution in [0.1, 0.15) is 18.4 Å². The van der Waals surface area contributed by atoms with Crippen molar-refractivity contribution in [2.75, 3.05) is 46.4 Å².